The highest BCUT2D eigenvalue weighted by Crippen LogP contribution is 2.18. The number of unbranched alkanes of at least 4 members (excludes halogenated alkanes) is 39. The first-order valence-corrected chi connectivity index (χ1v) is 35.1. The van der Waals surface area contributed by atoms with Gasteiger partial charge in [-0.3, -0.25) is 14.4 Å². The molecule has 0 saturated heterocycles. The van der Waals surface area contributed by atoms with E-state index in [0.717, 1.165) is 116 Å². The number of ether oxygens (including phenoxy) is 3. The van der Waals surface area contributed by atoms with Crippen molar-refractivity contribution < 1.29 is 28.6 Å². The number of carbonyl (C=O) groups excluding carboxylic acids is 3. The third-order valence-electron chi connectivity index (χ3n) is 15.4. The van der Waals surface area contributed by atoms with Crippen molar-refractivity contribution in [1.82, 2.24) is 0 Å². The van der Waals surface area contributed by atoms with Crippen molar-refractivity contribution in [2.24, 2.45) is 0 Å². The van der Waals surface area contributed by atoms with Crippen LogP contribution in [0.2, 0.25) is 0 Å². The van der Waals surface area contributed by atoms with E-state index >= 15 is 0 Å². The Morgan fingerprint density at radius 2 is 0.494 bits per heavy atom. The monoisotopic (exact) mass is 1130 g/mol. The fraction of sp³-hybridized carbons (Fsp3) is 0.773. The minimum Gasteiger partial charge on any atom is -0.462 e. The van der Waals surface area contributed by atoms with Crippen LogP contribution in [0, 0.1) is 0 Å². The van der Waals surface area contributed by atoms with Crippen LogP contribution in [0.5, 0.6) is 0 Å². The molecule has 0 spiro atoms. The second-order valence-electron chi connectivity index (χ2n) is 23.4. The largest absolute Gasteiger partial charge is 0.462 e. The third-order valence-corrected chi connectivity index (χ3v) is 15.4. The molecule has 81 heavy (non-hydrogen) atoms. The summed E-state index contributed by atoms with van der Waals surface area (Å²) in [5, 5.41) is 0. The van der Waals surface area contributed by atoms with Crippen LogP contribution in [0.15, 0.2) is 85.1 Å². The molecule has 0 aromatic rings. The van der Waals surface area contributed by atoms with Crippen LogP contribution >= 0.6 is 0 Å². The molecule has 1 unspecified atom stereocenters. The van der Waals surface area contributed by atoms with Crippen LogP contribution in [0.25, 0.3) is 0 Å². The van der Waals surface area contributed by atoms with E-state index < -0.39 is 6.10 Å². The van der Waals surface area contributed by atoms with Gasteiger partial charge in [0.25, 0.3) is 0 Å². The minimum absolute atomic E-state index is 0.0828. The maximum Gasteiger partial charge on any atom is 0.306 e. The lowest BCUT2D eigenvalue weighted by Gasteiger charge is -2.18. The van der Waals surface area contributed by atoms with Gasteiger partial charge in [0.2, 0.25) is 0 Å². The smallest absolute Gasteiger partial charge is 0.306 e. The molecule has 0 aliphatic heterocycles. The molecule has 0 aromatic carbocycles. The average molecular weight is 1130 g/mol. The van der Waals surface area contributed by atoms with Crippen molar-refractivity contribution in [1.29, 1.82) is 0 Å². The Hall–Kier alpha value is -3.41. The Bertz CT molecular complexity index is 1530. The van der Waals surface area contributed by atoms with Crippen LogP contribution in [0.4, 0.5) is 0 Å². The van der Waals surface area contributed by atoms with Gasteiger partial charge in [0.1, 0.15) is 13.2 Å². The lowest BCUT2D eigenvalue weighted by atomic mass is 10.0. The van der Waals surface area contributed by atoms with Gasteiger partial charge in [-0.25, -0.2) is 0 Å². The fourth-order valence-corrected chi connectivity index (χ4v) is 10.1. The summed E-state index contributed by atoms with van der Waals surface area (Å²) in [6.45, 7) is 6.52. The third kappa shape index (κ3) is 67.3. The Labute approximate surface area is 503 Å². The molecule has 0 aliphatic rings. The summed E-state index contributed by atoms with van der Waals surface area (Å²) in [5.41, 5.74) is 0. The summed E-state index contributed by atoms with van der Waals surface area (Å²) < 4.78 is 17.0. The van der Waals surface area contributed by atoms with E-state index in [1.807, 2.05) is 0 Å². The van der Waals surface area contributed by atoms with Crippen LogP contribution in [-0.4, -0.2) is 37.2 Å². The van der Waals surface area contributed by atoms with Crippen LogP contribution in [0.3, 0.4) is 0 Å². The van der Waals surface area contributed by atoms with Crippen molar-refractivity contribution >= 4 is 17.9 Å². The molecule has 6 heteroatoms. The first kappa shape index (κ1) is 77.6. The zero-order chi connectivity index (χ0) is 58.5. The molecular weight excluding hydrogens is 997 g/mol. The molecule has 0 heterocycles. The molecule has 1 atom stereocenters. The van der Waals surface area contributed by atoms with E-state index in [-0.39, 0.29) is 31.1 Å². The summed E-state index contributed by atoms with van der Waals surface area (Å²) in [6, 6.07) is 0. The molecule has 0 saturated carbocycles. The van der Waals surface area contributed by atoms with Crippen molar-refractivity contribution in [2.45, 2.75) is 361 Å². The van der Waals surface area contributed by atoms with E-state index in [9.17, 15) is 14.4 Å². The Morgan fingerprint density at radius 1 is 0.259 bits per heavy atom. The summed E-state index contributed by atoms with van der Waals surface area (Å²) >= 11 is 0. The molecule has 0 aliphatic carbocycles. The van der Waals surface area contributed by atoms with Gasteiger partial charge in [0, 0.05) is 19.3 Å². The van der Waals surface area contributed by atoms with Crippen molar-refractivity contribution in [3.63, 3.8) is 0 Å². The number of carbonyl (C=O) groups is 3. The van der Waals surface area contributed by atoms with Gasteiger partial charge >= 0.3 is 17.9 Å². The summed E-state index contributed by atoms with van der Waals surface area (Å²) in [6.07, 6.45) is 91.8. The van der Waals surface area contributed by atoms with Gasteiger partial charge in [0.15, 0.2) is 6.10 Å². The predicted molar refractivity (Wildman–Crippen MR) is 353 cm³/mol. The zero-order valence-electron chi connectivity index (χ0n) is 53.8. The highest BCUT2D eigenvalue weighted by molar-refractivity contribution is 5.71. The second kappa shape index (κ2) is 69.1. The van der Waals surface area contributed by atoms with E-state index in [1.54, 1.807) is 0 Å². The fourth-order valence-electron chi connectivity index (χ4n) is 10.1. The van der Waals surface area contributed by atoms with Gasteiger partial charge in [-0.05, 0) is 89.9 Å². The molecule has 0 bridgehead atoms. The lowest BCUT2D eigenvalue weighted by molar-refractivity contribution is -0.167. The number of esters is 3. The van der Waals surface area contributed by atoms with E-state index in [1.165, 1.54) is 199 Å². The highest BCUT2D eigenvalue weighted by Gasteiger charge is 2.19. The predicted octanol–water partition coefficient (Wildman–Crippen LogP) is 24.2. The summed E-state index contributed by atoms with van der Waals surface area (Å²) in [4.78, 5) is 38.4. The molecule has 0 aromatic heterocycles. The normalized spacial score (nSPS) is 12.6. The molecular formula is C75H132O6. The van der Waals surface area contributed by atoms with E-state index in [0.29, 0.717) is 19.3 Å². The quantitative estimate of drug-likeness (QED) is 0.0261. The van der Waals surface area contributed by atoms with Gasteiger partial charge in [-0.1, -0.05) is 331 Å². The van der Waals surface area contributed by atoms with Crippen LogP contribution in [-0.2, 0) is 28.6 Å². The molecule has 0 rings (SSSR count). The standard InChI is InChI=1S/C75H132O6/c1-4-7-10-13-16-19-22-25-28-30-32-34-36-37-38-40-41-43-45-47-50-53-56-59-62-65-68-74(77)80-71-72(70-79-73(76)67-64-61-58-55-52-49-27-24-21-18-15-12-9-6-3)81-75(78)69-66-63-60-57-54-51-48-46-44-42-39-35-33-31-29-26-23-20-17-14-11-8-5-2/h8,11,15,17-18,20,24,26-27,29,33,35,42,44,72H,4-7,9-10,12-14,16,19,21-23,25,28,30-32,34,36-41,43,45-71H2,1-3H3/b11-8-,18-15-,20-17-,27-24-,29-26-,35-33-,44-42-. The molecule has 468 valence electrons. The average Bonchev–Trinajstić information content (AvgIpc) is 3.47. The van der Waals surface area contributed by atoms with Gasteiger partial charge in [0.05, 0.1) is 0 Å². The molecule has 6 nitrogen and oxygen atoms in total. The van der Waals surface area contributed by atoms with Crippen LogP contribution < -0.4 is 0 Å². The zero-order valence-corrected chi connectivity index (χ0v) is 53.8. The highest BCUT2D eigenvalue weighted by atomic mass is 16.6. The SMILES string of the molecule is CC/C=C\C/C=C\C/C=C\C/C=C\C/C=C\CCCCCCCCCC(=O)OC(COC(=O)CCCCCCC/C=C\C/C=C\CCCC)COC(=O)CCCCCCCCCCCCCCCCCCCCCCCCCCCC. The Morgan fingerprint density at radius 3 is 0.790 bits per heavy atom. The number of hydrogen-bond acceptors (Lipinski definition) is 6. The Kier molecular flexibility index (Phi) is 66.2. The van der Waals surface area contributed by atoms with E-state index in [4.69, 9.17) is 14.2 Å². The molecule has 0 radical (unpaired) electrons. The molecule has 0 amide bonds. The van der Waals surface area contributed by atoms with Gasteiger partial charge in [-0.15, -0.1) is 0 Å². The number of hydrogen-bond donors (Lipinski definition) is 0. The summed E-state index contributed by atoms with van der Waals surface area (Å²) in [7, 11) is 0. The maximum absolute atomic E-state index is 12.9. The summed E-state index contributed by atoms with van der Waals surface area (Å²) in [5.74, 6) is -0.891. The first-order valence-electron chi connectivity index (χ1n) is 35.1. The number of rotatable bonds is 64. The topological polar surface area (TPSA) is 78.9 Å². The first-order chi connectivity index (χ1) is 40.0. The number of allylic oxidation sites excluding steroid dienone is 14. The van der Waals surface area contributed by atoms with Crippen molar-refractivity contribution in [2.75, 3.05) is 13.2 Å². The molecule has 0 N–H and O–H groups in total. The molecule has 0 fully saturated rings. The maximum atomic E-state index is 12.9. The Balaban J connectivity index is 4.30. The second-order valence-corrected chi connectivity index (χ2v) is 23.4. The lowest BCUT2D eigenvalue weighted by Crippen LogP contribution is -2.30. The van der Waals surface area contributed by atoms with Gasteiger partial charge in [-0.2, -0.15) is 0 Å². The van der Waals surface area contributed by atoms with Crippen molar-refractivity contribution in [3.8, 4) is 0 Å². The van der Waals surface area contributed by atoms with Crippen molar-refractivity contribution in [3.05, 3.63) is 85.1 Å². The minimum atomic E-state index is -0.790. The van der Waals surface area contributed by atoms with Crippen LogP contribution in [0.1, 0.15) is 355 Å². The van der Waals surface area contributed by atoms with Gasteiger partial charge < -0.3 is 14.2 Å². The van der Waals surface area contributed by atoms with E-state index in [2.05, 4.69) is 106 Å².